The summed E-state index contributed by atoms with van der Waals surface area (Å²) in [5, 5.41) is 0. The van der Waals surface area contributed by atoms with Gasteiger partial charge in [-0.1, -0.05) is 12.1 Å². The van der Waals surface area contributed by atoms with Crippen molar-refractivity contribution in [2.75, 3.05) is 7.11 Å². The summed E-state index contributed by atoms with van der Waals surface area (Å²) in [5.74, 6) is 0.867. The molecule has 1 aromatic carbocycles. The van der Waals surface area contributed by atoms with E-state index in [1.807, 2.05) is 36.4 Å². The Hall–Kier alpha value is -1.35. The average Bonchev–Trinajstić information content (AvgIpc) is 2.29. The van der Waals surface area contributed by atoms with E-state index in [1.165, 1.54) is 0 Å². The Balaban J connectivity index is 2.37. The fourth-order valence-corrected chi connectivity index (χ4v) is 1.73. The molecule has 0 N–H and O–H groups in total. The van der Waals surface area contributed by atoms with Crippen LogP contribution in [0, 0.1) is 0 Å². The first-order valence-electron chi connectivity index (χ1n) is 4.55. The van der Waals surface area contributed by atoms with Gasteiger partial charge in [0.2, 0.25) is 0 Å². The Kier molecular flexibility index (Phi) is 3.02. The summed E-state index contributed by atoms with van der Waals surface area (Å²) in [6, 6.07) is 11.9. The molecule has 0 atom stereocenters. The smallest absolute Gasteiger partial charge is 0.118 e. The minimum atomic E-state index is 0.843. The lowest BCUT2D eigenvalue weighted by Crippen LogP contribution is -1.83. The SMILES string of the molecule is COc1ccc(-c2ccnc(Br)c2)cc1. The topological polar surface area (TPSA) is 22.1 Å². The first-order valence-corrected chi connectivity index (χ1v) is 5.35. The van der Waals surface area contributed by atoms with Crippen molar-refractivity contribution in [2.24, 2.45) is 0 Å². The van der Waals surface area contributed by atoms with E-state index in [0.29, 0.717) is 0 Å². The van der Waals surface area contributed by atoms with Gasteiger partial charge >= 0.3 is 0 Å². The van der Waals surface area contributed by atoms with Gasteiger partial charge in [-0.05, 0) is 51.3 Å². The Bertz CT molecular complexity index is 453. The summed E-state index contributed by atoms with van der Waals surface area (Å²) in [6.07, 6.45) is 1.78. The molecule has 0 unspecified atom stereocenters. The van der Waals surface area contributed by atoms with Gasteiger partial charge in [0.15, 0.2) is 0 Å². The lowest BCUT2D eigenvalue weighted by atomic mass is 10.1. The van der Waals surface area contributed by atoms with Crippen LogP contribution < -0.4 is 4.74 Å². The van der Waals surface area contributed by atoms with E-state index >= 15 is 0 Å². The van der Waals surface area contributed by atoms with Crippen molar-refractivity contribution >= 4 is 15.9 Å². The van der Waals surface area contributed by atoms with Gasteiger partial charge in [0.1, 0.15) is 10.4 Å². The lowest BCUT2D eigenvalue weighted by Gasteiger charge is -2.03. The maximum Gasteiger partial charge on any atom is 0.118 e. The van der Waals surface area contributed by atoms with Crippen LogP contribution in [0.15, 0.2) is 47.2 Å². The Morgan fingerprint density at radius 2 is 1.80 bits per heavy atom. The first-order chi connectivity index (χ1) is 7.29. The van der Waals surface area contributed by atoms with Crippen LogP contribution in [0.5, 0.6) is 5.75 Å². The highest BCUT2D eigenvalue weighted by atomic mass is 79.9. The molecule has 76 valence electrons. The monoisotopic (exact) mass is 263 g/mol. The molecule has 0 saturated carbocycles. The molecule has 2 aromatic rings. The van der Waals surface area contributed by atoms with E-state index in [1.54, 1.807) is 13.3 Å². The van der Waals surface area contributed by atoms with Gasteiger partial charge in [0, 0.05) is 6.20 Å². The predicted molar refractivity (Wildman–Crippen MR) is 63.9 cm³/mol. The molecular weight excluding hydrogens is 254 g/mol. The molecule has 1 heterocycles. The number of methoxy groups -OCH3 is 1. The van der Waals surface area contributed by atoms with Gasteiger partial charge in [0.25, 0.3) is 0 Å². The normalized spacial score (nSPS) is 10.0. The van der Waals surface area contributed by atoms with Crippen molar-refractivity contribution in [2.45, 2.75) is 0 Å². The molecule has 0 fully saturated rings. The van der Waals surface area contributed by atoms with E-state index in [0.717, 1.165) is 21.5 Å². The quantitative estimate of drug-likeness (QED) is 0.774. The van der Waals surface area contributed by atoms with Crippen molar-refractivity contribution in [1.29, 1.82) is 0 Å². The average molecular weight is 264 g/mol. The van der Waals surface area contributed by atoms with Crippen LogP contribution in [0.4, 0.5) is 0 Å². The van der Waals surface area contributed by atoms with Crippen molar-refractivity contribution in [1.82, 2.24) is 4.98 Å². The fraction of sp³-hybridized carbons (Fsp3) is 0.0833. The molecule has 2 rings (SSSR count). The molecule has 1 aromatic heterocycles. The molecule has 0 amide bonds. The van der Waals surface area contributed by atoms with E-state index < -0.39 is 0 Å². The molecule has 0 spiro atoms. The zero-order chi connectivity index (χ0) is 10.7. The third kappa shape index (κ3) is 2.36. The van der Waals surface area contributed by atoms with Crippen LogP contribution in [0.1, 0.15) is 0 Å². The molecule has 0 bridgehead atoms. The maximum absolute atomic E-state index is 5.11. The van der Waals surface area contributed by atoms with E-state index in [2.05, 4.69) is 20.9 Å². The molecule has 0 saturated heterocycles. The van der Waals surface area contributed by atoms with Crippen LogP contribution in [0.2, 0.25) is 0 Å². The minimum absolute atomic E-state index is 0.843. The first kappa shape index (κ1) is 10.2. The number of aromatic nitrogens is 1. The number of pyridine rings is 1. The van der Waals surface area contributed by atoms with E-state index in [9.17, 15) is 0 Å². The standard InChI is InChI=1S/C12H10BrNO/c1-15-11-4-2-9(3-5-11)10-6-7-14-12(13)8-10/h2-8H,1H3. The number of rotatable bonds is 2. The van der Waals surface area contributed by atoms with Crippen molar-refractivity contribution < 1.29 is 4.74 Å². The Morgan fingerprint density at radius 3 is 2.40 bits per heavy atom. The summed E-state index contributed by atoms with van der Waals surface area (Å²) in [5.41, 5.74) is 2.29. The summed E-state index contributed by atoms with van der Waals surface area (Å²) < 4.78 is 5.95. The molecule has 15 heavy (non-hydrogen) atoms. The van der Waals surface area contributed by atoms with Gasteiger partial charge < -0.3 is 4.74 Å². The number of benzene rings is 1. The van der Waals surface area contributed by atoms with Crippen molar-refractivity contribution in [3.05, 3.63) is 47.2 Å². The largest absolute Gasteiger partial charge is 0.497 e. The molecular formula is C12H10BrNO. The third-order valence-electron chi connectivity index (χ3n) is 2.15. The Morgan fingerprint density at radius 1 is 1.07 bits per heavy atom. The Labute approximate surface area is 97.1 Å². The number of hydrogen-bond acceptors (Lipinski definition) is 2. The molecule has 0 aliphatic carbocycles. The second-order valence-corrected chi connectivity index (χ2v) is 3.91. The molecule has 2 nitrogen and oxygen atoms in total. The summed E-state index contributed by atoms with van der Waals surface area (Å²) >= 11 is 3.35. The van der Waals surface area contributed by atoms with Crippen molar-refractivity contribution in [3.63, 3.8) is 0 Å². The summed E-state index contributed by atoms with van der Waals surface area (Å²) in [6.45, 7) is 0. The number of hydrogen-bond donors (Lipinski definition) is 0. The highest BCUT2D eigenvalue weighted by Gasteiger charge is 1.98. The van der Waals surface area contributed by atoms with Crippen LogP contribution in [0.25, 0.3) is 11.1 Å². The maximum atomic E-state index is 5.11. The molecule has 0 aliphatic heterocycles. The number of ether oxygens (including phenoxy) is 1. The zero-order valence-electron chi connectivity index (χ0n) is 8.27. The van der Waals surface area contributed by atoms with Crippen LogP contribution >= 0.6 is 15.9 Å². The second kappa shape index (κ2) is 4.45. The van der Waals surface area contributed by atoms with Gasteiger partial charge in [-0.2, -0.15) is 0 Å². The number of nitrogens with zero attached hydrogens (tertiary/aromatic N) is 1. The van der Waals surface area contributed by atoms with E-state index in [4.69, 9.17) is 4.74 Å². The highest BCUT2D eigenvalue weighted by Crippen LogP contribution is 2.23. The minimum Gasteiger partial charge on any atom is -0.497 e. The summed E-state index contributed by atoms with van der Waals surface area (Å²) in [7, 11) is 1.66. The molecule has 0 radical (unpaired) electrons. The van der Waals surface area contributed by atoms with Gasteiger partial charge in [-0.25, -0.2) is 4.98 Å². The summed E-state index contributed by atoms with van der Waals surface area (Å²) in [4.78, 5) is 4.09. The van der Waals surface area contributed by atoms with Crippen molar-refractivity contribution in [3.8, 4) is 16.9 Å². The fourth-order valence-electron chi connectivity index (χ4n) is 1.37. The molecule has 0 aliphatic rings. The predicted octanol–water partition coefficient (Wildman–Crippen LogP) is 3.52. The van der Waals surface area contributed by atoms with E-state index in [-0.39, 0.29) is 0 Å². The van der Waals surface area contributed by atoms with Crippen LogP contribution in [-0.4, -0.2) is 12.1 Å². The van der Waals surface area contributed by atoms with Gasteiger partial charge in [-0.15, -0.1) is 0 Å². The van der Waals surface area contributed by atoms with Gasteiger partial charge in [-0.3, -0.25) is 0 Å². The highest BCUT2D eigenvalue weighted by molar-refractivity contribution is 9.10. The third-order valence-corrected chi connectivity index (χ3v) is 2.58. The van der Waals surface area contributed by atoms with Gasteiger partial charge in [0.05, 0.1) is 7.11 Å². The zero-order valence-corrected chi connectivity index (χ0v) is 9.86. The van der Waals surface area contributed by atoms with Crippen LogP contribution in [-0.2, 0) is 0 Å². The second-order valence-electron chi connectivity index (χ2n) is 3.10. The molecule has 3 heteroatoms. The lowest BCUT2D eigenvalue weighted by molar-refractivity contribution is 0.415. The number of halogens is 1. The van der Waals surface area contributed by atoms with Crippen LogP contribution in [0.3, 0.4) is 0 Å².